The van der Waals surface area contributed by atoms with Gasteiger partial charge in [-0.2, -0.15) is 10.2 Å². The number of hydrogen-bond donors (Lipinski definition) is 3. The van der Waals surface area contributed by atoms with Crippen LogP contribution in [-0.4, -0.2) is 49.6 Å². The van der Waals surface area contributed by atoms with Crippen LogP contribution in [0.1, 0.15) is 17.9 Å². The fourth-order valence-corrected chi connectivity index (χ4v) is 2.76. The van der Waals surface area contributed by atoms with Crippen molar-refractivity contribution in [3.8, 4) is 22.6 Å². The lowest BCUT2D eigenvalue weighted by Gasteiger charge is -2.06. The van der Waals surface area contributed by atoms with Crippen molar-refractivity contribution < 1.29 is 9.90 Å². The second-order valence-electron chi connectivity index (χ2n) is 5.94. The molecule has 0 aliphatic heterocycles. The summed E-state index contributed by atoms with van der Waals surface area (Å²) in [5, 5.41) is 23.7. The predicted octanol–water partition coefficient (Wildman–Crippen LogP) is 1.31. The van der Waals surface area contributed by atoms with Crippen molar-refractivity contribution in [3.05, 3.63) is 41.9 Å². The maximum absolute atomic E-state index is 11.7. The minimum atomic E-state index is -0.150. The first-order chi connectivity index (χ1) is 12.6. The van der Waals surface area contributed by atoms with E-state index in [1.807, 2.05) is 37.3 Å². The molecule has 0 spiro atoms. The molecule has 0 saturated heterocycles. The number of hydrogen-bond acceptors (Lipinski definition) is 5. The van der Waals surface area contributed by atoms with Crippen LogP contribution in [0.5, 0.6) is 0 Å². The molecule has 2 heterocycles. The Morgan fingerprint density at radius 3 is 2.77 bits per heavy atom. The number of aliphatic hydroxyl groups is 1. The summed E-state index contributed by atoms with van der Waals surface area (Å²) in [4.78, 5) is 16.3. The molecule has 0 unspecified atom stereocenters. The Kier molecular flexibility index (Phi) is 5.43. The number of likely N-dealkylation sites (N-methyl/N-ethyl adjacent to an activating group) is 1. The molecule has 1 aromatic carbocycles. The highest BCUT2D eigenvalue weighted by molar-refractivity contribution is 5.80. The summed E-state index contributed by atoms with van der Waals surface area (Å²) in [5.41, 5.74) is 3.47. The van der Waals surface area contributed by atoms with E-state index in [1.165, 1.54) is 0 Å². The van der Waals surface area contributed by atoms with Gasteiger partial charge >= 0.3 is 0 Å². The van der Waals surface area contributed by atoms with Crippen molar-refractivity contribution in [1.29, 1.82) is 0 Å². The second kappa shape index (κ2) is 7.92. The quantitative estimate of drug-likeness (QED) is 0.593. The zero-order valence-electron chi connectivity index (χ0n) is 14.9. The van der Waals surface area contributed by atoms with E-state index in [2.05, 4.69) is 25.6 Å². The van der Waals surface area contributed by atoms with E-state index in [4.69, 9.17) is 0 Å². The van der Waals surface area contributed by atoms with Gasteiger partial charge in [-0.3, -0.25) is 9.89 Å². The minimum absolute atomic E-state index is 0.0555. The van der Waals surface area contributed by atoms with Crippen LogP contribution < -0.4 is 5.32 Å². The number of nitrogens with one attached hydrogen (secondary N) is 2. The number of aliphatic hydroxyl groups excluding tert-OH is 1. The Bertz CT molecular complexity index is 884. The van der Waals surface area contributed by atoms with Gasteiger partial charge in [0.05, 0.1) is 12.0 Å². The van der Waals surface area contributed by atoms with Crippen LogP contribution in [0.25, 0.3) is 22.6 Å². The monoisotopic (exact) mass is 354 g/mol. The average molecular weight is 354 g/mol. The lowest BCUT2D eigenvalue weighted by atomic mass is 10.1. The SMILES string of the molecule is CNC(=O)Cc1nc(-c2c(-c3ccccc3)n[nH]c2C)n(CCCO)n1. The highest BCUT2D eigenvalue weighted by Gasteiger charge is 2.21. The summed E-state index contributed by atoms with van der Waals surface area (Å²) in [6.07, 6.45) is 0.653. The lowest BCUT2D eigenvalue weighted by molar-refractivity contribution is -0.120. The van der Waals surface area contributed by atoms with Gasteiger partial charge in [0, 0.05) is 31.5 Å². The summed E-state index contributed by atoms with van der Waals surface area (Å²) in [7, 11) is 1.58. The van der Waals surface area contributed by atoms with Crippen molar-refractivity contribution in [2.45, 2.75) is 26.3 Å². The molecule has 0 bridgehead atoms. The van der Waals surface area contributed by atoms with E-state index >= 15 is 0 Å². The molecule has 8 nitrogen and oxygen atoms in total. The summed E-state index contributed by atoms with van der Waals surface area (Å²) in [6, 6.07) is 9.83. The standard InChI is InChI=1S/C18H22N6O2/c1-12-16(17(22-21-12)13-7-4-3-5-8-13)18-20-14(11-15(26)19-2)23-24(18)9-6-10-25/h3-5,7-8,25H,6,9-11H2,1-2H3,(H,19,26)(H,21,22). The molecule has 26 heavy (non-hydrogen) atoms. The molecule has 0 aliphatic rings. The van der Waals surface area contributed by atoms with Crippen LogP contribution in [0.4, 0.5) is 0 Å². The number of rotatable bonds is 7. The van der Waals surface area contributed by atoms with Gasteiger partial charge < -0.3 is 10.4 Å². The zero-order valence-corrected chi connectivity index (χ0v) is 14.9. The molecule has 2 aromatic heterocycles. The van der Waals surface area contributed by atoms with E-state index in [0.717, 1.165) is 22.5 Å². The number of benzene rings is 1. The lowest BCUT2D eigenvalue weighted by Crippen LogP contribution is -2.20. The van der Waals surface area contributed by atoms with E-state index in [-0.39, 0.29) is 18.9 Å². The van der Waals surface area contributed by atoms with Crippen molar-refractivity contribution in [2.75, 3.05) is 13.7 Å². The second-order valence-corrected chi connectivity index (χ2v) is 5.94. The topological polar surface area (TPSA) is 109 Å². The smallest absolute Gasteiger partial charge is 0.227 e. The molecule has 0 aliphatic carbocycles. The first kappa shape index (κ1) is 17.8. The van der Waals surface area contributed by atoms with Gasteiger partial charge in [0.15, 0.2) is 11.6 Å². The molecular formula is C18H22N6O2. The number of nitrogens with zero attached hydrogens (tertiary/aromatic N) is 4. The maximum Gasteiger partial charge on any atom is 0.227 e. The Morgan fingerprint density at radius 2 is 2.08 bits per heavy atom. The van der Waals surface area contributed by atoms with E-state index < -0.39 is 0 Å². The highest BCUT2D eigenvalue weighted by Crippen LogP contribution is 2.32. The Balaban J connectivity index is 2.08. The largest absolute Gasteiger partial charge is 0.396 e. The number of carbonyl (C=O) groups is 1. The van der Waals surface area contributed by atoms with Crippen molar-refractivity contribution >= 4 is 5.91 Å². The third-order valence-electron chi connectivity index (χ3n) is 4.06. The van der Waals surface area contributed by atoms with Gasteiger partial charge in [-0.1, -0.05) is 30.3 Å². The average Bonchev–Trinajstić information content (AvgIpc) is 3.23. The van der Waals surface area contributed by atoms with E-state index in [9.17, 15) is 9.90 Å². The van der Waals surface area contributed by atoms with Gasteiger partial charge in [-0.05, 0) is 13.3 Å². The first-order valence-electron chi connectivity index (χ1n) is 8.50. The fourth-order valence-electron chi connectivity index (χ4n) is 2.76. The Hall–Kier alpha value is -3.00. The van der Waals surface area contributed by atoms with Crippen LogP contribution in [-0.2, 0) is 17.8 Å². The van der Waals surface area contributed by atoms with E-state index in [1.54, 1.807) is 11.7 Å². The zero-order chi connectivity index (χ0) is 18.5. The van der Waals surface area contributed by atoms with Crippen molar-refractivity contribution in [3.63, 3.8) is 0 Å². The molecule has 0 fully saturated rings. The summed E-state index contributed by atoms with van der Waals surface area (Å²) < 4.78 is 1.73. The third-order valence-corrected chi connectivity index (χ3v) is 4.06. The third kappa shape index (κ3) is 3.65. The molecule has 3 N–H and O–H groups in total. The molecule has 0 radical (unpaired) electrons. The number of aryl methyl sites for hydroxylation is 2. The van der Waals surface area contributed by atoms with Crippen LogP contribution in [0.3, 0.4) is 0 Å². The van der Waals surface area contributed by atoms with E-state index in [0.29, 0.717) is 24.6 Å². The summed E-state index contributed by atoms with van der Waals surface area (Å²) in [5.74, 6) is 0.933. The highest BCUT2D eigenvalue weighted by atomic mass is 16.3. The number of amides is 1. The number of aromatic amines is 1. The normalized spacial score (nSPS) is 10.9. The van der Waals surface area contributed by atoms with Crippen molar-refractivity contribution in [2.24, 2.45) is 0 Å². The molecule has 8 heteroatoms. The minimum Gasteiger partial charge on any atom is -0.396 e. The van der Waals surface area contributed by atoms with Gasteiger partial charge in [-0.15, -0.1) is 0 Å². The molecule has 0 saturated carbocycles. The van der Waals surface area contributed by atoms with Gasteiger partial charge in [0.25, 0.3) is 0 Å². The van der Waals surface area contributed by atoms with Crippen molar-refractivity contribution in [1.82, 2.24) is 30.3 Å². The first-order valence-corrected chi connectivity index (χ1v) is 8.50. The van der Waals surface area contributed by atoms with Crippen LogP contribution in [0, 0.1) is 6.92 Å². The molecule has 3 aromatic rings. The summed E-state index contributed by atoms with van der Waals surface area (Å²) in [6.45, 7) is 2.49. The predicted molar refractivity (Wildman–Crippen MR) is 97.3 cm³/mol. The van der Waals surface area contributed by atoms with Crippen LogP contribution >= 0.6 is 0 Å². The van der Waals surface area contributed by atoms with Gasteiger partial charge in [0.1, 0.15) is 5.69 Å². The maximum atomic E-state index is 11.7. The number of aromatic nitrogens is 5. The molecule has 0 atom stereocenters. The number of H-pyrrole nitrogens is 1. The Morgan fingerprint density at radius 1 is 1.31 bits per heavy atom. The Labute approximate surface area is 151 Å². The van der Waals surface area contributed by atoms with Gasteiger partial charge in [0.2, 0.25) is 5.91 Å². The molecule has 1 amide bonds. The molecule has 136 valence electrons. The fraction of sp³-hybridized carbons (Fsp3) is 0.333. The molecule has 3 rings (SSSR count). The van der Waals surface area contributed by atoms with Crippen LogP contribution in [0.2, 0.25) is 0 Å². The molecular weight excluding hydrogens is 332 g/mol. The van der Waals surface area contributed by atoms with Crippen LogP contribution in [0.15, 0.2) is 30.3 Å². The van der Waals surface area contributed by atoms with Gasteiger partial charge in [-0.25, -0.2) is 9.67 Å². The summed E-state index contributed by atoms with van der Waals surface area (Å²) >= 11 is 0. The number of carbonyl (C=O) groups excluding carboxylic acids is 1.